The highest BCUT2D eigenvalue weighted by Crippen LogP contribution is 2.39. The number of halogens is 3. The minimum Gasteiger partial charge on any atom is -0.438 e. The van der Waals surface area contributed by atoms with Crippen molar-refractivity contribution >= 4 is 11.0 Å². The number of fused-ring (bicyclic) bond motifs is 2. The van der Waals surface area contributed by atoms with Gasteiger partial charge in [-0.25, -0.2) is 0 Å². The maximum atomic E-state index is 13.3. The first-order valence-electron chi connectivity index (χ1n) is 6.73. The van der Waals surface area contributed by atoms with Gasteiger partial charge in [0.15, 0.2) is 0 Å². The molecule has 1 aromatic carbocycles. The molecule has 0 aliphatic carbocycles. The van der Waals surface area contributed by atoms with Crippen LogP contribution in [0.5, 0.6) is 0 Å². The molecule has 2 aliphatic heterocycles. The van der Waals surface area contributed by atoms with Crippen LogP contribution in [0.3, 0.4) is 0 Å². The Balaban J connectivity index is 2.48. The fraction of sp³-hybridized carbons (Fsp3) is 0.188. The Labute approximate surface area is 128 Å². The van der Waals surface area contributed by atoms with Crippen molar-refractivity contribution in [1.29, 1.82) is 5.26 Å². The van der Waals surface area contributed by atoms with Crippen LogP contribution in [0.4, 0.5) is 13.2 Å². The lowest BCUT2D eigenvalue weighted by Gasteiger charge is -2.15. The van der Waals surface area contributed by atoms with Gasteiger partial charge in [-0.05, 0) is 24.1 Å². The number of aromatic nitrogens is 1. The molecule has 4 nitrogen and oxygen atoms in total. The summed E-state index contributed by atoms with van der Waals surface area (Å²) in [6.45, 7) is 1.93. The highest BCUT2D eigenvalue weighted by Gasteiger charge is 2.40. The van der Waals surface area contributed by atoms with Crippen LogP contribution in [-0.2, 0) is 12.6 Å². The van der Waals surface area contributed by atoms with Crippen molar-refractivity contribution in [1.82, 2.24) is 4.98 Å². The van der Waals surface area contributed by atoms with E-state index in [2.05, 4.69) is 4.98 Å². The number of benzene rings is 1. The van der Waals surface area contributed by atoms with Gasteiger partial charge in [0.25, 0.3) is 5.56 Å². The largest absolute Gasteiger partial charge is 0.438 e. The lowest BCUT2D eigenvalue weighted by Crippen LogP contribution is -2.21. The molecule has 0 aromatic heterocycles. The molecule has 2 heterocycles. The summed E-state index contributed by atoms with van der Waals surface area (Å²) in [7, 11) is 0. The highest BCUT2D eigenvalue weighted by atomic mass is 19.4. The van der Waals surface area contributed by atoms with Crippen molar-refractivity contribution in [2.75, 3.05) is 0 Å². The maximum absolute atomic E-state index is 13.3. The number of pyridine rings is 1. The van der Waals surface area contributed by atoms with E-state index >= 15 is 0 Å². The van der Waals surface area contributed by atoms with Crippen LogP contribution in [0.25, 0.3) is 22.4 Å². The number of rotatable bonds is 1. The number of aryl methyl sites for hydroxylation is 1. The van der Waals surface area contributed by atoms with E-state index in [0.29, 0.717) is 11.0 Å². The SMILES string of the molecule is CCc1ccc2cc3c(C(F)(F)F)c(C#N)c(=O)nc-3oc2c1. The average molecular weight is 318 g/mol. The summed E-state index contributed by atoms with van der Waals surface area (Å²) in [6, 6.07) is 7.63. The summed E-state index contributed by atoms with van der Waals surface area (Å²) < 4.78 is 45.3. The fourth-order valence-corrected chi connectivity index (χ4v) is 2.43. The lowest BCUT2D eigenvalue weighted by atomic mass is 10.00. The second kappa shape index (κ2) is 5.09. The van der Waals surface area contributed by atoms with Crippen LogP contribution in [0.2, 0.25) is 0 Å². The van der Waals surface area contributed by atoms with Crippen molar-refractivity contribution in [3.63, 3.8) is 0 Å². The summed E-state index contributed by atoms with van der Waals surface area (Å²) in [6.07, 6.45) is -4.14. The van der Waals surface area contributed by atoms with Gasteiger partial charge in [0.1, 0.15) is 17.2 Å². The summed E-state index contributed by atoms with van der Waals surface area (Å²) in [4.78, 5) is 15.2. The molecule has 0 saturated heterocycles. The van der Waals surface area contributed by atoms with Gasteiger partial charge in [0, 0.05) is 5.39 Å². The monoisotopic (exact) mass is 318 g/mol. The second-order valence-corrected chi connectivity index (χ2v) is 4.97. The molecule has 0 N–H and O–H groups in total. The van der Waals surface area contributed by atoms with E-state index in [4.69, 9.17) is 9.68 Å². The van der Waals surface area contributed by atoms with Crippen LogP contribution in [0.1, 0.15) is 23.6 Å². The molecule has 0 saturated carbocycles. The number of alkyl halides is 3. The second-order valence-electron chi connectivity index (χ2n) is 4.97. The third-order valence-electron chi connectivity index (χ3n) is 3.55. The number of nitrogens with zero attached hydrogens (tertiary/aromatic N) is 2. The van der Waals surface area contributed by atoms with E-state index in [1.54, 1.807) is 18.2 Å². The Hall–Kier alpha value is -2.88. The summed E-state index contributed by atoms with van der Waals surface area (Å²) >= 11 is 0. The Morgan fingerprint density at radius 2 is 2.04 bits per heavy atom. The fourth-order valence-electron chi connectivity index (χ4n) is 2.43. The molecule has 116 valence electrons. The number of nitriles is 1. The normalized spacial score (nSPS) is 11.8. The first-order valence-corrected chi connectivity index (χ1v) is 6.73. The van der Waals surface area contributed by atoms with Crippen LogP contribution < -0.4 is 5.56 Å². The van der Waals surface area contributed by atoms with E-state index in [-0.39, 0.29) is 0 Å². The average Bonchev–Trinajstić information content (AvgIpc) is 2.50. The van der Waals surface area contributed by atoms with Crippen molar-refractivity contribution in [2.24, 2.45) is 0 Å². The topological polar surface area (TPSA) is 66.9 Å². The van der Waals surface area contributed by atoms with Gasteiger partial charge in [-0.3, -0.25) is 4.79 Å². The van der Waals surface area contributed by atoms with E-state index in [9.17, 15) is 18.0 Å². The van der Waals surface area contributed by atoms with Crippen molar-refractivity contribution < 1.29 is 17.6 Å². The first kappa shape index (κ1) is 15.0. The van der Waals surface area contributed by atoms with Gasteiger partial charge in [0.2, 0.25) is 5.89 Å². The molecule has 1 aromatic rings. The number of hydrogen-bond acceptors (Lipinski definition) is 4. The molecule has 0 spiro atoms. The zero-order valence-electron chi connectivity index (χ0n) is 11.9. The highest BCUT2D eigenvalue weighted by molar-refractivity contribution is 5.84. The van der Waals surface area contributed by atoms with Crippen molar-refractivity contribution in [3.05, 3.63) is 51.3 Å². The molecule has 0 fully saturated rings. The molecule has 7 heteroatoms. The predicted molar refractivity (Wildman–Crippen MR) is 76.0 cm³/mol. The van der Waals surface area contributed by atoms with Crippen LogP contribution in [0.15, 0.2) is 33.5 Å². The van der Waals surface area contributed by atoms with Crippen LogP contribution in [0, 0.1) is 11.3 Å². The zero-order chi connectivity index (χ0) is 16.8. The van der Waals surface area contributed by atoms with Gasteiger partial charge in [-0.1, -0.05) is 19.1 Å². The molecular formula is C16H9F3N2O2. The van der Waals surface area contributed by atoms with Gasteiger partial charge >= 0.3 is 6.18 Å². The third-order valence-corrected chi connectivity index (χ3v) is 3.55. The van der Waals surface area contributed by atoms with Crippen LogP contribution >= 0.6 is 0 Å². The van der Waals surface area contributed by atoms with Gasteiger partial charge in [-0.2, -0.15) is 23.4 Å². The number of hydrogen-bond donors (Lipinski definition) is 0. The van der Waals surface area contributed by atoms with Crippen molar-refractivity contribution in [3.8, 4) is 17.5 Å². The van der Waals surface area contributed by atoms with Gasteiger partial charge in [-0.15, -0.1) is 0 Å². The minimum absolute atomic E-state index is 0.335. The van der Waals surface area contributed by atoms with Gasteiger partial charge < -0.3 is 4.42 Å². The molecule has 0 radical (unpaired) electrons. The molecule has 0 atom stereocenters. The Morgan fingerprint density at radius 1 is 1.30 bits per heavy atom. The molecule has 0 amide bonds. The smallest absolute Gasteiger partial charge is 0.418 e. The van der Waals surface area contributed by atoms with E-state index in [1.165, 1.54) is 12.1 Å². The molecule has 0 bridgehead atoms. The maximum Gasteiger partial charge on any atom is 0.418 e. The molecular weight excluding hydrogens is 309 g/mol. The summed E-state index contributed by atoms with van der Waals surface area (Å²) in [5.41, 5.74) is -2.70. The molecule has 2 aliphatic rings. The van der Waals surface area contributed by atoms with Crippen LogP contribution in [-0.4, -0.2) is 4.98 Å². The Morgan fingerprint density at radius 3 is 2.65 bits per heavy atom. The first-order chi connectivity index (χ1) is 10.8. The van der Waals surface area contributed by atoms with E-state index in [1.807, 2.05) is 6.92 Å². The van der Waals surface area contributed by atoms with E-state index in [0.717, 1.165) is 12.0 Å². The molecule has 3 rings (SSSR count). The lowest BCUT2D eigenvalue weighted by molar-refractivity contribution is -0.137. The minimum atomic E-state index is -4.86. The Bertz CT molecular complexity index is 984. The third kappa shape index (κ3) is 2.42. The standard InChI is InChI=1S/C16H9F3N2O2/c1-2-8-3-4-9-6-10-13(16(17,18)19)11(7-20)14(22)21-15(10)23-12(9)5-8/h3-6H,2H2,1H3. The Kier molecular flexibility index (Phi) is 3.33. The predicted octanol–water partition coefficient (Wildman–Crippen LogP) is 3.75. The van der Waals surface area contributed by atoms with Crippen molar-refractivity contribution in [2.45, 2.75) is 19.5 Å². The summed E-state index contributed by atoms with van der Waals surface area (Å²) in [5, 5.41) is 9.32. The summed E-state index contributed by atoms with van der Waals surface area (Å²) in [5.74, 6) is -0.429. The quantitative estimate of drug-likeness (QED) is 0.641. The molecule has 0 unspecified atom stereocenters. The van der Waals surface area contributed by atoms with E-state index < -0.39 is 34.3 Å². The molecule has 23 heavy (non-hydrogen) atoms. The zero-order valence-corrected chi connectivity index (χ0v) is 11.9. The van der Waals surface area contributed by atoms with Gasteiger partial charge in [0.05, 0.1) is 11.1 Å².